The van der Waals surface area contributed by atoms with Crippen molar-refractivity contribution in [1.82, 2.24) is 10.2 Å². The van der Waals surface area contributed by atoms with Crippen LogP contribution in [0.3, 0.4) is 0 Å². The van der Waals surface area contributed by atoms with Crippen molar-refractivity contribution in [3.8, 4) is 5.75 Å². The molecular weight excluding hydrogens is 252 g/mol. The van der Waals surface area contributed by atoms with Gasteiger partial charge < -0.3 is 20.1 Å². The molecule has 112 valence electrons. The molecule has 0 aromatic heterocycles. The number of rotatable bonds is 7. The molecule has 1 aromatic carbocycles. The van der Waals surface area contributed by atoms with Gasteiger partial charge in [-0.05, 0) is 51.0 Å². The lowest BCUT2D eigenvalue weighted by Gasteiger charge is -2.16. The van der Waals surface area contributed by atoms with Gasteiger partial charge in [0, 0.05) is 13.1 Å². The van der Waals surface area contributed by atoms with E-state index in [-0.39, 0.29) is 0 Å². The Hall–Kier alpha value is -1.10. The summed E-state index contributed by atoms with van der Waals surface area (Å²) >= 11 is 0. The van der Waals surface area contributed by atoms with Crippen LogP contribution in [0.2, 0.25) is 0 Å². The fourth-order valence-corrected chi connectivity index (χ4v) is 2.61. The summed E-state index contributed by atoms with van der Waals surface area (Å²) in [5.74, 6) is 1.56. The Morgan fingerprint density at radius 2 is 2.25 bits per heavy atom. The fourth-order valence-electron chi connectivity index (χ4n) is 2.61. The minimum absolute atomic E-state index is 0.336. The molecule has 0 saturated carbocycles. The summed E-state index contributed by atoms with van der Waals surface area (Å²) < 4.78 is 5.64. The minimum atomic E-state index is -0.464. The van der Waals surface area contributed by atoms with E-state index in [1.54, 1.807) is 0 Å². The van der Waals surface area contributed by atoms with E-state index in [0.717, 1.165) is 24.4 Å². The van der Waals surface area contributed by atoms with Gasteiger partial charge in [-0.1, -0.05) is 18.2 Å². The number of ether oxygens (including phenoxy) is 1. The Bertz CT molecular complexity index is 411. The van der Waals surface area contributed by atoms with Crippen molar-refractivity contribution in [2.75, 3.05) is 39.8 Å². The van der Waals surface area contributed by atoms with Crippen molar-refractivity contribution in [2.45, 2.75) is 19.4 Å². The van der Waals surface area contributed by atoms with E-state index in [1.807, 2.05) is 31.2 Å². The largest absolute Gasteiger partial charge is 0.491 e. The minimum Gasteiger partial charge on any atom is -0.491 e. The summed E-state index contributed by atoms with van der Waals surface area (Å²) in [6.07, 6.45) is 0.785. The van der Waals surface area contributed by atoms with Crippen molar-refractivity contribution in [1.29, 1.82) is 0 Å². The molecule has 1 aliphatic rings. The van der Waals surface area contributed by atoms with Crippen molar-refractivity contribution in [2.24, 2.45) is 5.92 Å². The van der Waals surface area contributed by atoms with E-state index < -0.39 is 6.10 Å². The Morgan fingerprint density at radius 3 is 2.95 bits per heavy atom. The van der Waals surface area contributed by atoms with Gasteiger partial charge in [0.15, 0.2) is 0 Å². The van der Waals surface area contributed by atoms with E-state index in [9.17, 15) is 5.11 Å². The van der Waals surface area contributed by atoms with Crippen LogP contribution >= 0.6 is 0 Å². The first kappa shape index (κ1) is 15.3. The van der Waals surface area contributed by atoms with Gasteiger partial charge in [-0.3, -0.25) is 0 Å². The maximum atomic E-state index is 9.93. The van der Waals surface area contributed by atoms with Gasteiger partial charge in [0.1, 0.15) is 18.5 Å². The lowest BCUT2D eigenvalue weighted by Crippen LogP contribution is -2.34. The van der Waals surface area contributed by atoms with E-state index >= 15 is 0 Å². The van der Waals surface area contributed by atoms with Crippen molar-refractivity contribution >= 4 is 0 Å². The van der Waals surface area contributed by atoms with Crippen LogP contribution in [-0.4, -0.2) is 55.9 Å². The molecule has 0 spiro atoms. The maximum Gasteiger partial charge on any atom is 0.122 e. The Labute approximate surface area is 121 Å². The summed E-state index contributed by atoms with van der Waals surface area (Å²) in [6.45, 7) is 6.25. The molecular formula is C16H26N2O2. The van der Waals surface area contributed by atoms with Crippen LogP contribution in [0.15, 0.2) is 24.3 Å². The molecule has 1 saturated heterocycles. The third kappa shape index (κ3) is 4.78. The number of hydrogen-bond donors (Lipinski definition) is 2. The molecule has 2 N–H and O–H groups in total. The number of aryl methyl sites for hydroxylation is 1. The molecule has 2 unspecified atom stereocenters. The molecule has 4 nitrogen and oxygen atoms in total. The van der Waals surface area contributed by atoms with Crippen LogP contribution < -0.4 is 10.1 Å². The van der Waals surface area contributed by atoms with E-state index in [1.165, 1.54) is 13.0 Å². The Kier molecular flexibility index (Phi) is 5.83. The second-order valence-electron chi connectivity index (χ2n) is 5.81. The van der Waals surface area contributed by atoms with Gasteiger partial charge in [-0.2, -0.15) is 0 Å². The molecule has 0 aliphatic carbocycles. The summed E-state index contributed by atoms with van der Waals surface area (Å²) in [7, 11) is 2.16. The highest BCUT2D eigenvalue weighted by molar-refractivity contribution is 5.31. The highest BCUT2D eigenvalue weighted by Gasteiger charge is 2.19. The second kappa shape index (κ2) is 7.62. The normalized spacial score (nSPS) is 21.1. The molecule has 1 heterocycles. The van der Waals surface area contributed by atoms with Crippen molar-refractivity contribution < 1.29 is 9.84 Å². The van der Waals surface area contributed by atoms with Crippen LogP contribution in [0.25, 0.3) is 0 Å². The molecule has 2 atom stereocenters. The van der Waals surface area contributed by atoms with Gasteiger partial charge in [-0.25, -0.2) is 0 Å². The smallest absolute Gasteiger partial charge is 0.122 e. The van der Waals surface area contributed by atoms with E-state index in [0.29, 0.717) is 19.1 Å². The number of aliphatic hydroxyl groups excluding tert-OH is 1. The predicted molar refractivity (Wildman–Crippen MR) is 81.2 cm³/mol. The number of aliphatic hydroxyl groups is 1. The topological polar surface area (TPSA) is 44.7 Å². The van der Waals surface area contributed by atoms with E-state index in [4.69, 9.17) is 4.74 Å². The Balaban J connectivity index is 1.61. The number of nitrogens with one attached hydrogen (secondary N) is 1. The molecule has 1 aromatic rings. The number of nitrogens with zero attached hydrogens (tertiary/aromatic N) is 1. The van der Waals surface area contributed by atoms with Crippen LogP contribution in [0.4, 0.5) is 0 Å². The van der Waals surface area contributed by atoms with Crippen LogP contribution in [0, 0.1) is 12.8 Å². The highest BCUT2D eigenvalue weighted by atomic mass is 16.5. The summed E-state index contributed by atoms with van der Waals surface area (Å²) in [4.78, 5) is 2.35. The fraction of sp³-hybridized carbons (Fsp3) is 0.625. The number of hydrogen-bond acceptors (Lipinski definition) is 4. The Morgan fingerprint density at radius 1 is 1.45 bits per heavy atom. The second-order valence-corrected chi connectivity index (χ2v) is 5.81. The quantitative estimate of drug-likeness (QED) is 0.788. The lowest BCUT2D eigenvalue weighted by atomic mass is 10.1. The highest BCUT2D eigenvalue weighted by Crippen LogP contribution is 2.16. The van der Waals surface area contributed by atoms with Crippen LogP contribution in [-0.2, 0) is 0 Å². The number of benzene rings is 1. The zero-order chi connectivity index (χ0) is 14.4. The van der Waals surface area contributed by atoms with Gasteiger partial charge in [0.25, 0.3) is 0 Å². The van der Waals surface area contributed by atoms with Crippen molar-refractivity contribution in [3.05, 3.63) is 29.8 Å². The third-order valence-corrected chi connectivity index (χ3v) is 3.83. The molecule has 1 fully saturated rings. The summed E-state index contributed by atoms with van der Waals surface area (Å²) in [5, 5.41) is 13.3. The van der Waals surface area contributed by atoms with Gasteiger partial charge >= 0.3 is 0 Å². The van der Waals surface area contributed by atoms with Gasteiger partial charge in [0.05, 0.1) is 0 Å². The molecule has 2 rings (SSSR count). The third-order valence-electron chi connectivity index (χ3n) is 3.83. The van der Waals surface area contributed by atoms with Crippen molar-refractivity contribution in [3.63, 3.8) is 0 Å². The summed E-state index contributed by atoms with van der Waals surface area (Å²) in [5.41, 5.74) is 1.10. The van der Waals surface area contributed by atoms with Crippen LogP contribution in [0.1, 0.15) is 12.0 Å². The molecule has 1 aliphatic heterocycles. The predicted octanol–water partition coefficient (Wildman–Crippen LogP) is 1.28. The van der Waals surface area contributed by atoms with Gasteiger partial charge in [-0.15, -0.1) is 0 Å². The average Bonchev–Trinajstić information content (AvgIpc) is 2.83. The summed E-state index contributed by atoms with van der Waals surface area (Å²) in [6, 6.07) is 7.88. The number of likely N-dealkylation sites (tertiary alicyclic amines) is 1. The first-order chi connectivity index (χ1) is 9.65. The SMILES string of the molecule is Cc1ccccc1OCC(O)CNCC1CCN(C)C1. The van der Waals surface area contributed by atoms with Gasteiger partial charge in [0.2, 0.25) is 0 Å². The molecule has 0 amide bonds. The monoisotopic (exact) mass is 278 g/mol. The molecule has 4 heteroatoms. The van der Waals surface area contributed by atoms with E-state index in [2.05, 4.69) is 17.3 Å². The lowest BCUT2D eigenvalue weighted by molar-refractivity contribution is 0.105. The number of para-hydroxylation sites is 1. The first-order valence-electron chi connectivity index (χ1n) is 7.41. The van der Waals surface area contributed by atoms with Crippen LogP contribution in [0.5, 0.6) is 5.75 Å². The average molecular weight is 278 g/mol. The molecule has 0 bridgehead atoms. The molecule has 20 heavy (non-hydrogen) atoms. The first-order valence-corrected chi connectivity index (χ1v) is 7.41. The standard InChI is InChI=1S/C16H26N2O2/c1-13-5-3-4-6-16(13)20-12-15(19)10-17-9-14-7-8-18(2)11-14/h3-6,14-15,17,19H,7-12H2,1-2H3. The molecule has 0 radical (unpaired) electrons. The zero-order valence-corrected chi connectivity index (χ0v) is 12.5. The zero-order valence-electron chi connectivity index (χ0n) is 12.5. The maximum absolute atomic E-state index is 9.93.